The Morgan fingerprint density at radius 3 is 2.41 bits per heavy atom. The van der Waals surface area contributed by atoms with E-state index in [0.717, 1.165) is 48.9 Å². The molecule has 0 atom stereocenters. The van der Waals surface area contributed by atoms with Gasteiger partial charge in [-0.25, -0.2) is 4.98 Å². The average Bonchev–Trinajstić information content (AvgIpc) is 2.85. The van der Waals surface area contributed by atoms with Crippen molar-refractivity contribution in [3.05, 3.63) is 76.4 Å². The fourth-order valence-corrected chi connectivity index (χ4v) is 4.37. The molecule has 164 valence electrons. The van der Waals surface area contributed by atoms with Crippen molar-refractivity contribution >= 4 is 23.5 Å². The van der Waals surface area contributed by atoms with Crippen molar-refractivity contribution < 1.29 is 9.53 Å². The van der Waals surface area contributed by atoms with Gasteiger partial charge in [0.15, 0.2) is 0 Å². The largest absolute Gasteiger partial charge is 0.438 e. The second kappa shape index (κ2) is 9.17. The van der Waals surface area contributed by atoms with Crippen LogP contribution in [0.15, 0.2) is 54.6 Å². The molecule has 0 bridgehead atoms. The van der Waals surface area contributed by atoms with Gasteiger partial charge in [-0.1, -0.05) is 29.8 Å². The molecule has 7 heteroatoms. The molecule has 0 spiro atoms. The van der Waals surface area contributed by atoms with E-state index in [1.165, 1.54) is 6.42 Å². The van der Waals surface area contributed by atoms with Gasteiger partial charge in [0.2, 0.25) is 11.8 Å². The highest BCUT2D eigenvalue weighted by Gasteiger charge is 2.28. The fraction of sp³-hybridized carbons (Fsp3) is 0.320. The van der Waals surface area contributed by atoms with Crippen LogP contribution < -0.4 is 9.64 Å². The van der Waals surface area contributed by atoms with E-state index in [1.807, 2.05) is 35.2 Å². The van der Waals surface area contributed by atoms with Crippen molar-refractivity contribution in [1.29, 1.82) is 0 Å². The number of carbonyl (C=O) groups is 1. The summed E-state index contributed by atoms with van der Waals surface area (Å²) in [6.45, 7) is 2.95. The van der Waals surface area contributed by atoms with Gasteiger partial charge in [0.1, 0.15) is 5.75 Å². The van der Waals surface area contributed by atoms with Crippen molar-refractivity contribution in [2.45, 2.75) is 32.2 Å². The molecule has 2 aromatic carbocycles. The first-order valence-electron chi connectivity index (χ1n) is 11.1. The van der Waals surface area contributed by atoms with Gasteiger partial charge in [0.05, 0.1) is 17.8 Å². The number of carbonyl (C=O) groups excluding carboxylic acids is 1. The lowest BCUT2D eigenvalue weighted by Crippen LogP contribution is -2.37. The second-order valence-electron chi connectivity index (χ2n) is 8.20. The molecule has 3 aromatic rings. The SMILES string of the molecule is O=C(c1ccc(Cl)cc1)N1CCc2nc(N3CCCCC3)nc(Oc3ccccc3)c2C1. The Bertz CT molecular complexity index is 1100. The molecule has 2 aliphatic heterocycles. The predicted octanol–water partition coefficient (Wildman–Crippen LogP) is 5.11. The third-order valence-corrected chi connectivity index (χ3v) is 6.24. The Balaban J connectivity index is 1.47. The topological polar surface area (TPSA) is 58.6 Å². The summed E-state index contributed by atoms with van der Waals surface area (Å²) in [5.74, 6) is 1.96. The van der Waals surface area contributed by atoms with Crippen molar-refractivity contribution in [3.63, 3.8) is 0 Å². The summed E-state index contributed by atoms with van der Waals surface area (Å²) in [7, 11) is 0. The average molecular weight is 449 g/mol. The molecule has 32 heavy (non-hydrogen) atoms. The number of hydrogen-bond donors (Lipinski definition) is 0. The molecule has 5 rings (SSSR count). The monoisotopic (exact) mass is 448 g/mol. The van der Waals surface area contributed by atoms with E-state index in [1.54, 1.807) is 24.3 Å². The second-order valence-corrected chi connectivity index (χ2v) is 8.64. The number of hydrogen-bond acceptors (Lipinski definition) is 5. The van der Waals surface area contributed by atoms with Crippen LogP contribution >= 0.6 is 11.6 Å². The number of amides is 1. The van der Waals surface area contributed by atoms with Gasteiger partial charge in [0.25, 0.3) is 5.91 Å². The first-order valence-corrected chi connectivity index (χ1v) is 11.5. The lowest BCUT2D eigenvalue weighted by atomic mass is 10.0. The van der Waals surface area contributed by atoms with Crippen LogP contribution in [0.25, 0.3) is 0 Å². The van der Waals surface area contributed by atoms with E-state index in [9.17, 15) is 4.79 Å². The highest BCUT2D eigenvalue weighted by molar-refractivity contribution is 6.30. The first kappa shape index (κ1) is 20.8. The van der Waals surface area contributed by atoms with Crippen LogP contribution in [0, 0.1) is 0 Å². The first-order chi connectivity index (χ1) is 15.7. The lowest BCUT2D eigenvalue weighted by Gasteiger charge is -2.32. The zero-order valence-electron chi connectivity index (χ0n) is 17.8. The third-order valence-electron chi connectivity index (χ3n) is 5.99. The summed E-state index contributed by atoms with van der Waals surface area (Å²) in [5.41, 5.74) is 2.46. The van der Waals surface area contributed by atoms with Gasteiger partial charge in [-0.2, -0.15) is 4.98 Å². The number of rotatable bonds is 4. The highest BCUT2D eigenvalue weighted by atomic mass is 35.5. The summed E-state index contributed by atoms with van der Waals surface area (Å²) in [6.07, 6.45) is 4.22. The third kappa shape index (κ3) is 4.41. The van der Waals surface area contributed by atoms with Crippen LogP contribution in [0.4, 0.5) is 5.95 Å². The van der Waals surface area contributed by atoms with E-state index in [4.69, 9.17) is 26.3 Å². The van der Waals surface area contributed by atoms with Crippen molar-refractivity contribution in [2.24, 2.45) is 0 Å². The highest BCUT2D eigenvalue weighted by Crippen LogP contribution is 2.32. The number of nitrogens with zero attached hydrogens (tertiary/aromatic N) is 4. The number of halogens is 1. The van der Waals surface area contributed by atoms with Crippen LogP contribution in [0.5, 0.6) is 11.6 Å². The molecular weight excluding hydrogens is 424 g/mol. The van der Waals surface area contributed by atoms with E-state index in [0.29, 0.717) is 36.0 Å². The number of fused-ring (bicyclic) bond motifs is 1. The van der Waals surface area contributed by atoms with Crippen LogP contribution in [0.3, 0.4) is 0 Å². The minimum absolute atomic E-state index is 0.0296. The molecule has 0 N–H and O–H groups in total. The maximum atomic E-state index is 13.1. The summed E-state index contributed by atoms with van der Waals surface area (Å²) in [4.78, 5) is 26.9. The van der Waals surface area contributed by atoms with Gasteiger partial charge < -0.3 is 14.5 Å². The number of para-hydroxylation sites is 1. The Hall–Kier alpha value is -3.12. The normalized spacial score (nSPS) is 15.9. The maximum absolute atomic E-state index is 13.1. The summed E-state index contributed by atoms with van der Waals surface area (Å²) in [5, 5.41) is 0.614. The minimum Gasteiger partial charge on any atom is -0.438 e. The molecule has 3 heterocycles. The van der Waals surface area contributed by atoms with Crippen molar-refractivity contribution in [2.75, 3.05) is 24.5 Å². The zero-order chi connectivity index (χ0) is 21.9. The van der Waals surface area contributed by atoms with E-state index >= 15 is 0 Å². The summed E-state index contributed by atoms with van der Waals surface area (Å²) < 4.78 is 6.22. The summed E-state index contributed by atoms with van der Waals surface area (Å²) in [6, 6.07) is 16.6. The maximum Gasteiger partial charge on any atom is 0.254 e. The van der Waals surface area contributed by atoms with Crippen LogP contribution in [-0.4, -0.2) is 40.4 Å². The van der Waals surface area contributed by atoms with Crippen LogP contribution in [-0.2, 0) is 13.0 Å². The molecule has 6 nitrogen and oxygen atoms in total. The molecular formula is C25H25ClN4O2. The molecule has 0 saturated carbocycles. The number of ether oxygens (including phenoxy) is 1. The van der Waals surface area contributed by atoms with Crippen molar-refractivity contribution in [3.8, 4) is 11.6 Å². The fourth-order valence-electron chi connectivity index (χ4n) is 4.24. The van der Waals surface area contributed by atoms with Gasteiger partial charge in [-0.05, 0) is 55.7 Å². The molecule has 1 amide bonds. The predicted molar refractivity (Wildman–Crippen MR) is 125 cm³/mol. The molecule has 1 fully saturated rings. The number of anilines is 1. The molecule has 0 aliphatic carbocycles. The van der Waals surface area contributed by atoms with Gasteiger partial charge in [0, 0.05) is 36.6 Å². The van der Waals surface area contributed by atoms with Gasteiger partial charge in [-0.3, -0.25) is 4.79 Å². The van der Waals surface area contributed by atoms with E-state index in [-0.39, 0.29) is 5.91 Å². The van der Waals surface area contributed by atoms with E-state index < -0.39 is 0 Å². The molecule has 1 saturated heterocycles. The zero-order valence-corrected chi connectivity index (χ0v) is 18.6. The van der Waals surface area contributed by atoms with Crippen molar-refractivity contribution in [1.82, 2.24) is 14.9 Å². The quantitative estimate of drug-likeness (QED) is 0.555. The number of piperidine rings is 1. The Morgan fingerprint density at radius 1 is 0.906 bits per heavy atom. The van der Waals surface area contributed by atoms with Crippen LogP contribution in [0.2, 0.25) is 5.02 Å². The van der Waals surface area contributed by atoms with E-state index in [2.05, 4.69) is 4.90 Å². The standard InChI is InChI=1S/C25H25ClN4O2/c26-19-11-9-18(10-12-19)24(31)30-16-13-22-21(17-30)23(32-20-7-3-1-4-8-20)28-25(27-22)29-14-5-2-6-15-29/h1,3-4,7-12H,2,5-6,13-17H2. The molecule has 1 aromatic heterocycles. The molecule has 2 aliphatic rings. The molecule has 0 unspecified atom stereocenters. The Kier molecular flexibility index (Phi) is 5.95. The molecule has 0 radical (unpaired) electrons. The number of benzene rings is 2. The van der Waals surface area contributed by atoms with Gasteiger partial charge >= 0.3 is 0 Å². The van der Waals surface area contributed by atoms with Crippen LogP contribution in [0.1, 0.15) is 40.9 Å². The van der Waals surface area contributed by atoms with Gasteiger partial charge in [-0.15, -0.1) is 0 Å². The summed E-state index contributed by atoms with van der Waals surface area (Å²) >= 11 is 5.98. The minimum atomic E-state index is -0.0296. The Morgan fingerprint density at radius 2 is 1.66 bits per heavy atom. The Labute approximate surface area is 192 Å². The lowest BCUT2D eigenvalue weighted by molar-refractivity contribution is 0.0732. The smallest absolute Gasteiger partial charge is 0.254 e. The number of aromatic nitrogens is 2.